The molecule has 0 saturated heterocycles. The summed E-state index contributed by atoms with van der Waals surface area (Å²) in [4.78, 5) is 23.4. The minimum absolute atomic E-state index is 0.116. The second-order valence-corrected chi connectivity index (χ2v) is 4.21. The quantitative estimate of drug-likeness (QED) is 0.559. The largest absolute Gasteiger partial charge is 0.395 e. The summed E-state index contributed by atoms with van der Waals surface area (Å²) in [5.41, 5.74) is 7.15. The van der Waals surface area contributed by atoms with E-state index in [4.69, 9.17) is 10.5 Å². The molecule has 8 heteroatoms. The molecule has 0 unspecified atom stereocenters. The zero-order valence-electron chi connectivity index (χ0n) is 12.0. The van der Waals surface area contributed by atoms with Crippen molar-refractivity contribution >= 4 is 17.5 Å². The number of nitrogens with one attached hydrogen (secondary N) is 2. The van der Waals surface area contributed by atoms with E-state index in [1.54, 1.807) is 14.2 Å². The summed E-state index contributed by atoms with van der Waals surface area (Å²) >= 11 is 0. The van der Waals surface area contributed by atoms with Gasteiger partial charge >= 0.3 is 0 Å². The van der Waals surface area contributed by atoms with E-state index in [1.807, 2.05) is 6.92 Å². The first-order chi connectivity index (χ1) is 9.51. The monoisotopic (exact) mass is 283 g/mol. The topological polar surface area (TPSA) is 111 Å². The van der Waals surface area contributed by atoms with Gasteiger partial charge in [0.2, 0.25) is 5.91 Å². The van der Waals surface area contributed by atoms with Crippen LogP contribution in [0.3, 0.4) is 0 Å². The Labute approximate surface area is 117 Å². The summed E-state index contributed by atoms with van der Waals surface area (Å²) < 4.78 is 6.23. The molecule has 0 aliphatic carbocycles. The maximum atomic E-state index is 12.0. The van der Waals surface area contributed by atoms with Crippen molar-refractivity contribution < 1.29 is 14.3 Å². The molecule has 2 amide bonds. The number of carbonyl (C=O) groups is 2. The lowest BCUT2D eigenvalue weighted by atomic mass is 10.2. The summed E-state index contributed by atoms with van der Waals surface area (Å²) in [5.74, 6) is -0.703. The van der Waals surface area contributed by atoms with Gasteiger partial charge in [0.1, 0.15) is 5.69 Å². The van der Waals surface area contributed by atoms with E-state index < -0.39 is 5.91 Å². The maximum Gasteiger partial charge on any atom is 0.272 e. The Hall–Kier alpha value is -2.09. The van der Waals surface area contributed by atoms with Gasteiger partial charge in [-0.2, -0.15) is 5.10 Å². The first-order valence-electron chi connectivity index (χ1n) is 6.36. The second kappa shape index (κ2) is 7.49. The number of nitrogens with two attached hydrogens (primary N) is 1. The molecule has 1 rings (SSSR count). The van der Waals surface area contributed by atoms with Gasteiger partial charge in [0, 0.05) is 20.7 Å². The Morgan fingerprint density at radius 2 is 2.10 bits per heavy atom. The third-order valence-electron chi connectivity index (χ3n) is 2.75. The van der Waals surface area contributed by atoms with Gasteiger partial charge in [-0.3, -0.25) is 14.3 Å². The van der Waals surface area contributed by atoms with E-state index in [0.717, 1.165) is 0 Å². The molecule has 20 heavy (non-hydrogen) atoms. The van der Waals surface area contributed by atoms with Crippen LogP contribution in [0.25, 0.3) is 0 Å². The Kier molecular flexibility index (Phi) is 5.98. The summed E-state index contributed by atoms with van der Waals surface area (Å²) in [7, 11) is 3.19. The number of methoxy groups -OCH3 is 1. The van der Waals surface area contributed by atoms with Gasteiger partial charge < -0.3 is 21.1 Å². The molecule has 0 bridgehead atoms. The van der Waals surface area contributed by atoms with Gasteiger partial charge in [-0.15, -0.1) is 0 Å². The second-order valence-electron chi connectivity index (χ2n) is 4.21. The number of rotatable bonds is 7. The van der Waals surface area contributed by atoms with Gasteiger partial charge in [0.25, 0.3) is 5.91 Å². The molecular formula is C12H21N5O3. The van der Waals surface area contributed by atoms with Crippen LogP contribution in [0.1, 0.15) is 23.1 Å². The van der Waals surface area contributed by atoms with Crippen molar-refractivity contribution in [2.24, 2.45) is 7.05 Å². The van der Waals surface area contributed by atoms with Gasteiger partial charge in [0.15, 0.2) is 0 Å². The summed E-state index contributed by atoms with van der Waals surface area (Å²) in [6.45, 7) is 2.62. The van der Waals surface area contributed by atoms with Crippen LogP contribution in [-0.2, 0) is 23.0 Å². The lowest BCUT2D eigenvalue weighted by Gasteiger charge is -2.07. The van der Waals surface area contributed by atoms with Crippen LogP contribution < -0.4 is 16.4 Å². The molecule has 0 aliphatic heterocycles. The van der Waals surface area contributed by atoms with Gasteiger partial charge in [0.05, 0.1) is 24.5 Å². The zero-order valence-corrected chi connectivity index (χ0v) is 12.0. The number of nitrogen functional groups attached to an aromatic ring is 1. The van der Waals surface area contributed by atoms with Crippen molar-refractivity contribution in [1.82, 2.24) is 20.4 Å². The van der Waals surface area contributed by atoms with Crippen molar-refractivity contribution in [3.63, 3.8) is 0 Å². The molecule has 0 aromatic carbocycles. The van der Waals surface area contributed by atoms with Crippen LogP contribution >= 0.6 is 0 Å². The van der Waals surface area contributed by atoms with Crippen LogP contribution in [0.5, 0.6) is 0 Å². The van der Waals surface area contributed by atoms with E-state index in [2.05, 4.69) is 15.7 Å². The lowest BCUT2D eigenvalue weighted by molar-refractivity contribution is -0.120. The minimum Gasteiger partial charge on any atom is -0.395 e. The Bertz CT molecular complexity index is 484. The van der Waals surface area contributed by atoms with E-state index in [9.17, 15) is 9.59 Å². The number of aromatic nitrogens is 2. The molecule has 0 atom stereocenters. The summed E-state index contributed by atoms with van der Waals surface area (Å²) in [5, 5.41) is 9.27. The predicted molar refractivity (Wildman–Crippen MR) is 74.2 cm³/mol. The Morgan fingerprint density at radius 1 is 1.40 bits per heavy atom. The molecule has 0 aliphatic rings. The minimum atomic E-state index is -0.418. The highest BCUT2D eigenvalue weighted by Crippen LogP contribution is 2.16. The molecule has 1 aromatic rings. The van der Waals surface area contributed by atoms with Crippen LogP contribution in [-0.4, -0.2) is 48.4 Å². The normalized spacial score (nSPS) is 10.3. The Balaban J connectivity index is 2.55. The number of ether oxygens (including phenoxy) is 1. The molecule has 0 radical (unpaired) electrons. The molecule has 0 fully saturated rings. The molecule has 0 saturated carbocycles. The molecule has 0 spiro atoms. The highest BCUT2D eigenvalue weighted by atomic mass is 16.5. The number of aryl methyl sites for hydroxylation is 2. The number of hydrogen-bond donors (Lipinski definition) is 3. The van der Waals surface area contributed by atoms with Gasteiger partial charge in [-0.05, 0) is 6.42 Å². The lowest BCUT2D eigenvalue weighted by Crippen LogP contribution is -2.38. The molecule has 112 valence electrons. The predicted octanol–water partition coefficient (Wildman–Crippen LogP) is -0.943. The van der Waals surface area contributed by atoms with Gasteiger partial charge in [-0.1, -0.05) is 6.92 Å². The van der Waals surface area contributed by atoms with E-state index in [1.165, 1.54) is 4.68 Å². The van der Waals surface area contributed by atoms with Crippen LogP contribution in [0.15, 0.2) is 0 Å². The SMILES string of the molecule is CCc1nn(C)c(C(=O)NCC(=O)NCCOC)c1N. The van der Waals surface area contributed by atoms with Crippen molar-refractivity contribution in [2.75, 3.05) is 32.5 Å². The summed E-state index contributed by atoms with van der Waals surface area (Å²) in [6, 6.07) is 0. The number of anilines is 1. The third kappa shape index (κ3) is 3.95. The van der Waals surface area contributed by atoms with Gasteiger partial charge in [-0.25, -0.2) is 0 Å². The van der Waals surface area contributed by atoms with Crippen molar-refractivity contribution in [3.05, 3.63) is 11.4 Å². The van der Waals surface area contributed by atoms with Crippen LogP contribution in [0.2, 0.25) is 0 Å². The molecule has 8 nitrogen and oxygen atoms in total. The average Bonchev–Trinajstić information content (AvgIpc) is 2.71. The van der Waals surface area contributed by atoms with Crippen LogP contribution in [0, 0.1) is 0 Å². The standard InChI is InChI=1S/C12H21N5O3/c1-4-8-10(13)11(17(2)16-8)12(19)15-7-9(18)14-5-6-20-3/h4-7,13H2,1-3H3,(H,14,18)(H,15,19). The maximum absolute atomic E-state index is 12.0. The third-order valence-corrected chi connectivity index (χ3v) is 2.75. The average molecular weight is 283 g/mol. The Morgan fingerprint density at radius 3 is 2.65 bits per heavy atom. The van der Waals surface area contributed by atoms with E-state index in [0.29, 0.717) is 31.0 Å². The van der Waals surface area contributed by atoms with Crippen molar-refractivity contribution in [1.29, 1.82) is 0 Å². The molecule has 1 heterocycles. The first kappa shape index (κ1) is 16.0. The number of carbonyl (C=O) groups excluding carboxylic acids is 2. The highest BCUT2D eigenvalue weighted by Gasteiger charge is 2.19. The highest BCUT2D eigenvalue weighted by molar-refractivity contribution is 5.99. The fourth-order valence-electron chi connectivity index (χ4n) is 1.73. The van der Waals surface area contributed by atoms with Crippen LogP contribution in [0.4, 0.5) is 5.69 Å². The van der Waals surface area contributed by atoms with Crippen molar-refractivity contribution in [2.45, 2.75) is 13.3 Å². The van der Waals surface area contributed by atoms with Crippen molar-refractivity contribution in [3.8, 4) is 0 Å². The number of hydrogen-bond acceptors (Lipinski definition) is 5. The smallest absolute Gasteiger partial charge is 0.272 e. The molecule has 1 aromatic heterocycles. The number of amides is 2. The fourth-order valence-corrected chi connectivity index (χ4v) is 1.73. The molecule has 4 N–H and O–H groups in total. The van der Waals surface area contributed by atoms with E-state index in [-0.39, 0.29) is 18.1 Å². The van der Waals surface area contributed by atoms with E-state index >= 15 is 0 Å². The first-order valence-corrected chi connectivity index (χ1v) is 6.36. The summed E-state index contributed by atoms with van der Waals surface area (Å²) in [6.07, 6.45) is 0.643. The fraction of sp³-hybridized carbons (Fsp3) is 0.583. The zero-order chi connectivity index (χ0) is 15.1. The molecular weight excluding hydrogens is 262 g/mol. The number of nitrogens with zero attached hydrogens (tertiary/aromatic N) is 2.